The summed E-state index contributed by atoms with van der Waals surface area (Å²) in [6.45, 7) is 0.356. The summed E-state index contributed by atoms with van der Waals surface area (Å²) >= 11 is 0. The minimum absolute atomic E-state index is 0.288. The normalized spacial score (nSPS) is 10.1. The van der Waals surface area contributed by atoms with Gasteiger partial charge < -0.3 is 4.74 Å². The van der Waals surface area contributed by atoms with Gasteiger partial charge in [0.25, 0.3) is 0 Å². The highest BCUT2D eigenvalue weighted by Gasteiger charge is 1.93. The maximum atomic E-state index is 9.95. The molecule has 0 bridgehead atoms. The molecule has 0 saturated heterocycles. The summed E-state index contributed by atoms with van der Waals surface area (Å²) in [5.41, 5.74) is 0.971. The van der Waals surface area contributed by atoms with Gasteiger partial charge in [0.2, 0.25) is 0 Å². The summed E-state index contributed by atoms with van der Waals surface area (Å²) in [5.74, 6) is 0.804. The van der Waals surface area contributed by atoms with Crippen molar-refractivity contribution in [2.45, 2.75) is 6.61 Å². The third-order valence-corrected chi connectivity index (χ3v) is 1.68. The van der Waals surface area contributed by atoms with Gasteiger partial charge in [0.15, 0.2) is 0 Å². The third-order valence-electron chi connectivity index (χ3n) is 1.44. The lowest BCUT2D eigenvalue weighted by molar-refractivity contribution is 0.332. The van der Waals surface area contributed by atoms with Crippen LogP contribution in [0.15, 0.2) is 24.3 Å². The van der Waals surface area contributed by atoms with E-state index in [9.17, 15) is 4.57 Å². The van der Waals surface area contributed by atoms with Crippen LogP contribution in [0.2, 0.25) is 0 Å². The van der Waals surface area contributed by atoms with E-state index in [-0.39, 0.29) is 8.69 Å². The summed E-state index contributed by atoms with van der Waals surface area (Å²) in [6, 6.07) is 7.40. The molecule has 0 unspecified atom stereocenters. The van der Waals surface area contributed by atoms with Gasteiger partial charge in [-0.3, -0.25) is 4.52 Å². The van der Waals surface area contributed by atoms with Crippen LogP contribution in [-0.4, -0.2) is 7.11 Å². The van der Waals surface area contributed by atoms with Gasteiger partial charge in [-0.1, -0.05) is 12.1 Å². The summed E-state index contributed by atoms with van der Waals surface area (Å²) in [5, 5.41) is 0. The zero-order valence-corrected chi connectivity index (χ0v) is 7.58. The van der Waals surface area contributed by atoms with Crippen molar-refractivity contribution in [3.05, 3.63) is 29.8 Å². The average molecular weight is 184 g/mol. The highest BCUT2D eigenvalue weighted by atomic mass is 31.1. The van der Waals surface area contributed by atoms with Crippen LogP contribution in [0.3, 0.4) is 0 Å². The molecule has 0 aliphatic rings. The Balaban J connectivity index is 2.58. The quantitative estimate of drug-likeness (QED) is 0.674. The van der Waals surface area contributed by atoms with Crippen LogP contribution >= 0.6 is 8.69 Å². The first-order valence-corrected chi connectivity index (χ1v) is 4.17. The zero-order valence-electron chi connectivity index (χ0n) is 6.69. The molecule has 0 spiro atoms. The number of hydrogen-bond donors (Lipinski definition) is 0. The number of ether oxygens (including phenoxy) is 1. The second-order valence-electron chi connectivity index (χ2n) is 2.20. The molecule has 0 aliphatic heterocycles. The van der Waals surface area contributed by atoms with E-state index in [1.165, 1.54) is 0 Å². The third kappa shape index (κ3) is 2.61. The lowest BCUT2D eigenvalue weighted by atomic mass is 10.2. The van der Waals surface area contributed by atoms with Crippen LogP contribution in [0.25, 0.3) is 0 Å². The molecule has 0 amide bonds. The van der Waals surface area contributed by atoms with Crippen LogP contribution in [0.4, 0.5) is 0 Å². The van der Waals surface area contributed by atoms with Gasteiger partial charge in [0, 0.05) is 0 Å². The molecule has 1 rings (SSSR count). The van der Waals surface area contributed by atoms with Crippen LogP contribution in [-0.2, 0) is 15.7 Å². The predicted molar refractivity (Wildman–Crippen MR) is 45.4 cm³/mol. The number of hydrogen-bond acceptors (Lipinski definition) is 3. The Morgan fingerprint density at radius 3 is 2.50 bits per heavy atom. The SMILES string of the molecule is COc1ccc(COP=O)cc1. The Morgan fingerprint density at radius 2 is 2.00 bits per heavy atom. The summed E-state index contributed by atoms with van der Waals surface area (Å²) in [4.78, 5) is 0. The largest absolute Gasteiger partial charge is 0.497 e. The second kappa shape index (κ2) is 4.86. The van der Waals surface area contributed by atoms with E-state index in [1.807, 2.05) is 24.3 Å². The average Bonchev–Trinajstić information content (AvgIpc) is 2.15. The van der Waals surface area contributed by atoms with Gasteiger partial charge in [0.05, 0.1) is 13.7 Å². The maximum absolute atomic E-state index is 9.95. The maximum Gasteiger partial charge on any atom is 0.327 e. The van der Waals surface area contributed by atoms with Crippen molar-refractivity contribution in [1.29, 1.82) is 0 Å². The summed E-state index contributed by atoms with van der Waals surface area (Å²) in [7, 11) is 1.33. The summed E-state index contributed by atoms with van der Waals surface area (Å²) < 4.78 is 19.6. The Hall–Kier alpha value is -0.920. The Morgan fingerprint density at radius 1 is 1.33 bits per heavy atom. The molecule has 0 saturated carbocycles. The van der Waals surface area contributed by atoms with Gasteiger partial charge in [-0.15, -0.1) is 0 Å². The highest BCUT2D eigenvalue weighted by Crippen LogP contribution is 2.13. The molecule has 0 atom stereocenters. The smallest absolute Gasteiger partial charge is 0.327 e. The molecule has 0 N–H and O–H groups in total. The summed E-state index contributed by atoms with van der Waals surface area (Å²) in [6.07, 6.45) is 0. The van der Waals surface area contributed by atoms with Crippen molar-refractivity contribution in [2.75, 3.05) is 7.11 Å². The molecule has 0 heterocycles. The van der Waals surface area contributed by atoms with Crippen molar-refractivity contribution in [2.24, 2.45) is 0 Å². The molecule has 1 aromatic carbocycles. The number of methoxy groups -OCH3 is 1. The first-order valence-electron chi connectivity index (χ1n) is 3.44. The molecule has 0 aromatic heterocycles. The Kier molecular flexibility index (Phi) is 3.71. The Bertz CT molecular complexity index is 245. The fourth-order valence-corrected chi connectivity index (χ4v) is 1.02. The van der Waals surface area contributed by atoms with E-state index in [2.05, 4.69) is 4.52 Å². The van der Waals surface area contributed by atoms with Crippen molar-refractivity contribution in [3.63, 3.8) is 0 Å². The van der Waals surface area contributed by atoms with E-state index >= 15 is 0 Å². The van der Waals surface area contributed by atoms with E-state index in [0.29, 0.717) is 6.61 Å². The van der Waals surface area contributed by atoms with Crippen molar-refractivity contribution >= 4 is 8.69 Å². The minimum atomic E-state index is -0.288. The molecule has 12 heavy (non-hydrogen) atoms. The fourth-order valence-electron chi connectivity index (χ4n) is 0.823. The van der Waals surface area contributed by atoms with Crippen molar-refractivity contribution < 1.29 is 13.8 Å². The highest BCUT2D eigenvalue weighted by molar-refractivity contribution is 7.17. The van der Waals surface area contributed by atoms with Crippen LogP contribution in [0, 0.1) is 0 Å². The van der Waals surface area contributed by atoms with Gasteiger partial charge >= 0.3 is 8.69 Å². The molecule has 64 valence electrons. The van der Waals surface area contributed by atoms with E-state index in [0.717, 1.165) is 11.3 Å². The minimum Gasteiger partial charge on any atom is -0.497 e. The molecular formula is C8H9O3P. The topological polar surface area (TPSA) is 35.5 Å². The number of benzene rings is 1. The molecule has 3 nitrogen and oxygen atoms in total. The number of rotatable bonds is 4. The van der Waals surface area contributed by atoms with Crippen LogP contribution in [0.5, 0.6) is 5.75 Å². The van der Waals surface area contributed by atoms with E-state index < -0.39 is 0 Å². The van der Waals surface area contributed by atoms with Crippen LogP contribution in [0.1, 0.15) is 5.56 Å². The van der Waals surface area contributed by atoms with Gasteiger partial charge in [-0.05, 0) is 17.7 Å². The molecular weight excluding hydrogens is 175 g/mol. The molecule has 0 radical (unpaired) electrons. The van der Waals surface area contributed by atoms with Gasteiger partial charge in [-0.2, -0.15) is 0 Å². The molecule has 1 aromatic rings. The first kappa shape index (κ1) is 9.17. The lowest BCUT2D eigenvalue weighted by Gasteiger charge is -2.00. The van der Waals surface area contributed by atoms with Gasteiger partial charge in [0.1, 0.15) is 5.75 Å². The van der Waals surface area contributed by atoms with E-state index in [4.69, 9.17) is 4.74 Å². The molecule has 4 heteroatoms. The van der Waals surface area contributed by atoms with Crippen LogP contribution < -0.4 is 4.74 Å². The lowest BCUT2D eigenvalue weighted by Crippen LogP contribution is -1.85. The standard InChI is InChI=1S/C8H9O3P/c1-10-8-4-2-7(3-5-8)6-11-12-9/h2-5H,6H2,1H3. The zero-order chi connectivity index (χ0) is 8.81. The van der Waals surface area contributed by atoms with Gasteiger partial charge in [-0.25, -0.2) is 4.57 Å². The Labute approximate surface area is 72.6 Å². The predicted octanol–water partition coefficient (Wildman–Crippen LogP) is 2.42. The monoisotopic (exact) mass is 184 g/mol. The fraction of sp³-hybridized carbons (Fsp3) is 0.250. The molecule has 0 fully saturated rings. The van der Waals surface area contributed by atoms with E-state index in [1.54, 1.807) is 7.11 Å². The second-order valence-corrected chi connectivity index (χ2v) is 2.60. The van der Waals surface area contributed by atoms with Crippen molar-refractivity contribution in [1.82, 2.24) is 0 Å². The first-order chi connectivity index (χ1) is 5.86. The molecule has 0 aliphatic carbocycles. The van der Waals surface area contributed by atoms with Crippen molar-refractivity contribution in [3.8, 4) is 5.75 Å².